The molecule has 2 heterocycles. The van der Waals surface area contributed by atoms with Gasteiger partial charge >= 0.3 is 0 Å². The van der Waals surface area contributed by atoms with Crippen molar-refractivity contribution in [3.63, 3.8) is 0 Å². The van der Waals surface area contributed by atoms with Crippen LogP contribution >= 0.6 is 0 Å². The molecule has 0 saturated carbocycles. The van der Waals surface area contributed by atoms with Gasteiger partial charge in [0.15, 0.2) is 0 Å². The molecule has 2 amide bonds. The highest BCUT2D eigenvalue weighted by Crippen LogP contribution is 2.34. The molecule has 0 radical (unpaired) electrons. The molecule has 0 N–H and O–H groups in total. The maximum atomic E-state index is 13.1. The zero-order chi connectivity index (χ0) is 16.0. The number of fused-ring (bicyclic) bond motifs is 1. The van der Waals surface area contributed by atoms with Crippen LogP contribution in [-0.2, 0) is 14.4 Å². The fourth-order valence-electron chi connectivity index (χ4n) is 2.87. The predicted molar refractivity (Wildman–Crippen MR) is 80.2 cm³/mol. The average molecular weight is 310 g/mol. The van der Waals surface area contributed by atoms with E-state index in [4.69, 9.17) is 4.84 Å². The number of hydrogen-bond acceptors (Lipinski definition) is 4. The van der Waals surface area contributed by atoms with Gasteiger partial charge in [-0.3, -0.25) is 9.59 Å². The summed E-state index contributed by atoms with van der Waals surface area (Å²) in [6.07, 6.45) is -0.956. The number of para-hydroxylation sites is 1. The second-order valence-electron chi connectivity index (χ2n) is 5.33. The Labute approximate surface area is 131 Å². The number of oxime groups is 1. The fraction of sp³-hybridized carbons (Fsp3) is 0.118. The number of benzene rings is 2. The number of anilines is 1. The lowest BCUT2D eigenvalue weighted by atomic mass is 9.94. The first-order valence-corrected chi connectivity index (χ1v) is 7.09. The summed E-state index contributed by atoms with van der Waals surface area (Å²) in [6, 6.07) is 14.3. The smallest absolute Gasteiger partial charge is 0.278 e. The van der Waals surface area contributed by atoms with Gasteiger partial charge in [-0.2, -0.15) is 0 Å². The van der Waals surface area contributed by atoms with Crippen molar-refractivity contribution in [1.29, 1.82) is 0 Å². The molecule has 1 saturated heterocycles. The van der Waals surface area contributed by atoms with E-state index in [1.54, 1.807) is 30.3 Å². The van der Waals surface area contributed by atoms with Crippen LogP contribution in [0.5, 0.6) is 0 Å². The van der Waals surface area contributed by atoms with E-state index in [-0.39, 0.29) is 11.7 Å². The molecular weight excluding hydrogens is 299 g/mol. The first-order valence-electron chi connectivity index (χ1n) is 7.09. The van der Waals surface area contributed by atoms with Gasteiger partial charge in [0.25, 0.3) is 5.91 Å². The number of carbonyl (C=O) groups is 2. The van der Waals surface area contributed by atoms with Crippen molar-refractivity contribution in [2.75, 3.05) is 4.90 Å². The molecule has 5 nitrogen and oxygen atoms in total. The Morgan fingerprint density at radius 3 is 2.35 bits per heavy atom. The third-order valence-electron chi connectivity index (χ3n) is 3.97. The lowest BCUT2D eigenvalue weighted by Gasteiger charge is -2.15. The van der Waals surface area contributed by atoms with Crippen LogP contribution in [0.3, 0.4) is 0 Å². The summed E-state index contributed by atoms with van der Waals surface area (Å²) in [7, 11) is 0. The monoisotopic (exact) mass is 310 g/mol. The minimum absolute atomic E-state index is 0.354. The van der Waals surface area contributed by atoms with Gasteiger partial charge in [0.2, 0.25) is 12.0 Å². The van der Waals surface area contributed by atoms with E-state index >= 15 is 0 Å². The zero-order valence-electron chi connectivity index (χ0n) is 11.8. The van der Waals surface area contributed by atoms with E-state index in [2.05, 4.69) is 5.16 Å². The number of amides is 2. The minimum Gasteiger partial charge on any atom is -0.381 e. The molecule has 6 heteroatoms. The Balaban J connectivity index is 1.71. The molecule has 0 bridgehead atoms. The van der Waals surface area contributed by atoms with Gasteiger partial charge in [0.05, 0.1) is 5.69 Å². The topological polar surface area (TPSA) is 59.0 Å². The molecule has 2 aromatic rings. The molecular formula is C17H11FN2O3. The minimum atomic E-state index is -0.956. The molecule has 2 aliphatic heterocycles. The number of rotatable bonds is 2. The van der Waals surface area contributed by atoms with Crippen molar-refractivity contribution >= 4 is 23.2 Å². The number of carbonyl (C=O) groups excluding carboxylic acids is 2. The maximum Gasteiger partial charge on any atom is 0.278 e. The largest absolute Gasteiger partial charge is 0.381 e. The molecule has 0 unspecified atom stereocenters. The molecule has 2 atom stereocenters. The summed E-state index contributed by atoms with van der Waals surface area (Å²) in [5.74, 6) is -2.00. The quantitative estimate of drug-likeness (QED) is 0.798. The van der Waals surface area contributed by atoms with Gasteiger partial charge in [-0.15, -0.1) is 0 Å². The molecule has 0 aliphatic carbocycles. The highest BCUT2D eigenvalue weighted by molar-refractivity contribution is 6.32. The van der Waals surface area contributed by atoms with E-state index < -0.39 is 17.9 Å². The second-order valence-corrected chi connectivity index (χ2v) is 5.33. The van der Waals surface area contributed by atoms with Gasteiger partial charge < -0.3 is 4.84 Å². The van der Waals surface area contributed by atoms with Crippen LogP contribution in [0.4, 0.5) is 10.1 Å². The molecule has 4 rings (SSSR count). The number of halogens is 1. The molecule has 2 aliphatic rings. The van der Waals surface area contributed by atoms with E-state index in [0.717, 1.165) is 4.90 Å². The molecule has 2 aromatic carbocycles. The zero-order valence-corrected chi connectivity index (χ0v) is 11.8. The summed E-state index contributed by atoms with van der Waals surface area (Å²) < 4.78 is 13.1. The van der Waals surface area contributed by atoms with Gasteiger partial charge in [-0.1, -0.05) is 35.5 Å². The number of imide groups is 1. The molecule has 23 heavy (non-hydrogen) atoms. The molecule has 0 spiro atoms. The van der Waals surface area contributed by atoms with Crippen LogP contribution in [0.2, 0.25) is 0 Å². The van der Waals surface area contributed by atoms with Gasteiger partial charge in [0.1, 0.15) is 17.4 Å². The standard InChI is InChI=1S/C17H11FN2O3/c18-11-8-6-10(7-9-11)14-13-15(23-19-14)17(22)20(16(13)21)12-4-2-1-3-5-12/h1-9,13,15H/t13-,15+/m0/s1. The van der Waals surface area contributed by atoms with E-state index in [0.29, 0.717) is 17.0 Å². The lowest BCUT2D eigenvalue weighted by molar-refractivity contribution is -0.126. The van der Waals surface area contributed by atoms with Crippen molar-refractivity contribution < 1.29 is 18.8 Å². The van der Waals surface area contributed by atoms with E-state index in [1.165, 1.54) is 24.3 Å². The van der Waals surface area contributed by atoms with Gasteiger partial charge in [0, 0.05) is 5.56 Å². The molecule has 0 aromatic heterocycles. The highest BCUT2D eigenvalue weighted by atomic mass is 19.1. The van der Waals surface area contributed by atoms with E-state index in [9.17, 15) is 14.0 Å². The highest BCUT2D eigenvalue weighted by Gasteiger charge is 2.56. The maximum absolute atomic E-state index is 13.1. The average Bonchev–Trinajstić information content (AvgIpc) is 3.10. The fourth-order valence-corrected chi connectivity index (χ4v) is 2.87. The van der Waals surface area contributed by atoms with Crippen molar-refractivity contribution in [2.24, 2.45) is 11.1 Å². The van der Waals surface area contributed by atoms with Crippen LogP contribution in [0.15, 0.2) is 59.8 Å². The SMILES string of the molecule is O=C1[C@H]2C(c3ccc(F)cc3)=NO[C@H]2C(=O)N1c1ccccc1. The Morgan fingerprint density at radius 1 is 0.957 bits per heavy atom. The van der Waals surface area contributed by atoms with E-state index in [1.807, 2.05) is 0 Å². The summed E-state index contributed by atoms with van der Waals surface area (Å²) >= 11 is 0. The number of hydrogen-bond donors (Lipinski definition) is 0. The molecule has 114 valence electrons. The van der Waals surface area contributed by atoms with Crippen molar-refractivity contribution in [1.82, 2.24) is 0 Å². The van der Waals surface area contributed by atoms with Gasteiger partial charge in [-0.25, -0.2) is 9.29 Å². The van der Waals surface area contributed by atoms with Crippen molar-refractivity contribution in [3.05, 3.63) is 66.0 Å². The van der Waals surface area contributed by atoms with Crippen molar-refractivity contribution in [3.8, 4) is 0 Å². The summed E-state index contributed by atoms with van der Waals surface area (Å²) in [5.41, 5.74) is 1.42. The Hall–Kier alpha value is -3.02. The van der Waals surface area contributed by atoms with Crippen LogP contribution in [0, 0.1) is 11.7 Å². The molecule has 1 fully saturated rings. The lowest BCUT2D eigenvalue weighted by Crippen LogP contribution is -2.33. The predicted octanol–water partition coefficient (Wildman–Crippen LogP) is 2.12. The summed E-state index contributed by atoms with van der Waals surface area (Å²) in [5, 5.41) is 3.87. The van der Waals surface area contributed by atoms with Crippen LogP contribution < -0.4 is 4.90 Å². The van der Waals surface area contributed by atoms with Crippen LogP contribution in [0.25, 0.3) is 0 Å². The Morgan fingerprint density at radius 2 is 1.65 bits per heavy atom. The van der Waals surface area contributed by atoms with Crippen molar-refractivity contribution in [2.45, 2.75) is 6.10 Å². The Bertz CT molecular complexity index is 817. The summed E-state index contributed by atoms with van der Waals surface area (Å²) in [4.78, 5) is 31.5. The van der Waals surface area contributed by atoms with Gasteiger partial charge in [-0.05, 0) is 24.3 Å². The Kier molecular flexibility index (Phi) is 2.97. The normalized spacial score (nSPS) is 22.8. The third-order valence-corrected chi connectivity index (χ3v) is 3.97. The van der Waals surface area contributed by atoms with Crippen LogP contribution in [-0.4, -0.2) is 23.6 Å². The number of nitrogens with zero attached hydrogens (tertiary/aromatic N) is 2. The second kappa shape index (κ2) is 5.01. The first-order chi connectivity index (χ1) is 11.2. The summed E-state index contributed by atoms with van der Waals surface area (Å²) in [6.45, 7) is 0. The van der Waals surface area contributed by atoms with Crippen LogP contribution in [0.1, 0.15) is 5.56 Å². The first kappa shape index (κ1) is 13.6. The third kappa shape index (κ3) is 2.03.